The van der Waals surface area contributed by atoms with Crippen molar-refractivity contribution < 1.29 is 13.6 Å². The van der Waals surface area contributed by atoms with E-state index in [0.29, 0.717) is 54.5 Å². The van der Waals surface area contributed by atoms with E-state index in [1.165, 1.54) is 0 Å². The Morgan fingerprint density at radius 1 is 1.07 bits per heavy atom. The van der Waals surface area contributed by atoms with Crippen molar-refractivity contribution in [3.05, 3.63) is 64.9 Å². The van der Waals surface area contributed by atoms with Crippen LogP contribution in [0.3, 0.4) is 0 Å². The van der Waals surface area contributed by atoms with Crippen LogP contribution >= 0.6 is 11.6 Å². The molecule has 0 bridgehead atoms. The molecule has 1 fully saturated rings. The monoisotopic (exact) mass is 432 g/mol. The first-order chi connectivity index (χ1) is 14.4. The predicted octanol–water partition coefficient (Wildman–Crippen LogP) is 4.53. The van der Waals surface area contributed by atoms with Gasteiger partial charge in [-0.1, -0.05) is 35.9 Å². The number of rotatable bonds is 5. The Hall–Kier alpha value is -2.51. The summed E-state index contributed by atoms with van der Waals surface area (Å²) in [5.74, 6) is 0.414. The highest BCUT2D eigenvalue weighted by Gasteiger charge is 2.29. The smallest absolute Gasteiger partial charge is 0.320 e. The summed E-state index contributed by atoms with van der Waals surface area (Å²) in [4.78, 5) is 21.0. The number of hydrogen-bond acceptors (Lipinski definition) is 3. The number of para-hydroxylation sites is 2. The first-order valence-electron chi connectivity index (χ1n) is 9.95. The van der Waals surface area contributed by atoms with Crippen molar-refractivity contribution in [2.24, 2.45) is 0 Å². The van der Waals surface area contributed by atoms with Crippen molar-refractivity contribution in [1.29, 1.82) is 0 Å². The van der Waals surface area contributed by atoms with Crippen molar-refractivity contribution in [2.45, 2.75) is 25.9 Å². The molecule has 0 N–H and O–H groups in total. The fourth-order valence-corrected chi connectivity index (χ4v) is 4.10. The van der Waals surface area contributed by atoms with Gasteiger partial charge in [0.25, 0.3) is 0 Å². The molecule has 0 radical (unpaired) electrons. The van der Waals surface area contributed by atoms with Crippen LogP contribution in [0, 0.1) is 0 Å². The molecule has 1 unspecified atom stereocenters. The van der Waals surface area contributed by atoms with Crippen LogP contribution in [-0.4, -0.2) is 51.4 Å². The van der Waals surface area contributed by atoms with Crippen LogP contribution < -0.4 is 0 Å². The lowest BCUT2D eigenvalue weighted by Crippen LogP contribution is -2.50. The lowest BCUT2D eigenvalue weighted by Gasteiger charge is -2.38. The van der Waals surface area contributed by atoms with Crippen LogP contribution in [0.15, 0.2) is 48.5 Å². The third kappa shape index (κ3) is 4.18. The van der Waals surface area contributed by atoms with Gasteiger partial charge in [-0.25, -0.2) is 4.98 Å². The maximum atomic E-state index is 13.8. The molecular formula is C22H23ClF2N4O. The highest BCUT2D eigenvalue weighted by molar-refractivity contribution is 6.30. The minimum Gasteiger partial charge on any atom is -0.340 e. The fraction of sp³-hybridized carbons (Fsp3) is 0.364. The number of aromatic nitrogens is 2. The molecule has 8 heteroatoms. The molecule has 30 heavy (non-hydrogen) atoms. The lowest BCUT2D eigenvalue weighted by atomic mass is 10.1. The predicted molar refractivity (Wildman–Crippen MR) is 113 cm³/mol. The summed E-state index contributed by atoms with van der Waals surface area (Å²) in [7, 11) is 0. The largest absolute Gasteiger partial charge is 0.340 e. The van der Waals surface area contributed by atoms with E-state index in [4.69, 9.17) is 11.6 Å². The third-order valence-corrected chi connectivity index (χ3v) is 5.93. The second-order valence-corrected chi connectivity index (χ2v) is 7.94. The maximum absolute atomic E-state index is 13.8. The van der Waals surface area contributed by atoms with Gasteiger partial charge in [0.15, 0.2) is 0 Å². The average Bonchev–Trinajstić information content (AvgIpc) is 3.15. The number of halogens is 3. The van der Waals surface area contributed by atoms with Gasteiger partial charge in [0.1, 0.15) is 5.82 Å². The molecule has 0 aliphatic carbocycles. The summed E-state index contributed by atoms with van der Waals surface area (Å²) in [5, 5.41) is 0.642. The zero-order chi connectivity index (χ0) is 21.3. The van der Waals surface area contributed by atoms with E-state index in [-0.39, 0.29) is 11.9 Å². The minimum absolute atomic E-state index is 0.0597. The van der Waals surface area contributed by atoms with E-state index >= 15 is 0 Å². The highest BCUT2D eigenvalue weighted by Crippen LogP contribution is 2.29. The minimum atomic E-state index is -2.66. The second-order valence-electron chi connectivity index (χ2n) is 7.50. The van der Waals surface area contributed by atoms with Gasteiger partial charge < -0.3 is 4.90 Å². The number of piperazine rings is 1. The molecule has 1 saturated heterocycles. The summed E-state index contributed by atoms with van der Waals surface area (Å²) >= 11 is 5.89. The number of amides is 1. The van der Waals surface area contributed by atoms with Crippen LogP contribution in [0.4, 0.5) is 8.78 Å². The van der Waals surface area contributed by atoms with E-state index in [1.54, 1.807) is 36.4 Å². The summed E-state index contributed by atoms with van der Waals surface area (Å²) in [6.07, 6.45) is 0.327. The Morgan fingerprint density at radius 3 is 2.40 bits per heavy atom. The highest BCUT2D eigenvalue weighted by atomic mass is 35.5. The standard InChI is InChI=1S/C22H23ClF2N4O/c1-15(21-26-18-4-2-3-5-19(18)29(21)22(24)25)27-10-12-28(13-11-27)20(30)14-16-6-8-17(23)9-7-16/h2-9,15,22H,10-14H2,1H3. The SMILES string of the molecule is CC(c1nc2ccccc2n1C(F)F)N1CCN(C(=O)Cc2ccc(Cl)cc2)CC1. The quantitative estimate of drug-likeness (QED) is 0.594. The lowest BCUT2D eigenvalue weighted by molar-refractivity contribution is -0.132. The van der Waals surface area contributed by atoms with Gasteiger partial charge in [0.2, 0.25) is 5.91 Å². The Balaban J connectivity index is 1.43. The van der Waals surface area contributed by atoms with Gasteiger partial charge in [0, 0.05) is 31.2 Å². The third-order valence-electron chi connectivity index (χ3n) is 5.68. The molecule has 2 aromatic carbocycles. The fourth-order valence-electron chi connectivity index (χ4n) is 3.97. The Kier molecular flexibility index (Phi) is 6.01. The maximum Gasteiger partial charge on any atom is 0.320 e. The zero-order valence-electron chi connectivity index (χ0n) is 16.6. The van der Waals surface area contributed by atoms with E-state index in [2.05, 4.69) is 9.88 Å². The number of imidazole rings is 1. The molecule has 1 aromatic heterocycles. The number of carbonyl (C=O) groups is 1. The number of alkyl halides is 2. The van der Waals surface area contributed by atoms with Crippen LogP contribution in [0.2, 0.25) is 5.02 Å². The topological polar surface area (TPSA) is 41.4 Å². The van der Waals surface area contributed by atoms with E-state index in [9.17, 15) is 13.6 Å². The first-order valence-corrected chi connectivity index (χ1v) is 10.3. The van der Waals surface area contributed by atoms with E-state index < -0.39 is 6.55 Å². The van der Waals surface area contributed by atoms with Crippen LogP contribution in [0.1, 0.15) is 30.9 Å². The molecule has 1 aliphatic rings. The van der Waals surface area contributed by atoms with Crippen molar-refractivity contribution in [3.63, 3.8) is 0 Å². The molecule has 4 rings (SSSR count). The normalized spacial score (nSPS) is 16.4. The molecule has 5 nitrogen and oxygen atoms in total. The summed E-state index contributed by atoms with van der Waals surface area (Å²) in [5.41, 5.74) is 1.92. The van der Waals surface area contributed by atoms with Crippen molar-refractivity contribution in [1.82, 2.24) is 19.4 Å². The summed E-state index contributed by atoms with van der Waals surface area (Å²) < 4.78 is 28.5. The molecule has 0 spiro atoms. The Bertz CT molecular complexity index is 1030. The van der Waals surface area contributed by atoms with Crippen molar-refractivity contribution in [2.75, 3.05) is 26.2 Å². The second kappa shape index (κ2) is 8.70. The summed E-state index contributed by atoms with van der Waals surface area (Å²) in [6, 6.07) is 13.9. The van der Waals surface area contributed by atoms with E-state index in [0.717, 1.165) is 10.1 Å². The molecule has 158 valence electrons. The van der Waals surface area contributed by atoms with Gasteiger partial charge in [-0.3, -0.25) is 14.3 Å². The molecule has 0 saturated carbocycles. The van der Waals surface area contributed by atoms with Gasteiger partial charge in [-0.15, -0.1) is 0 Å². The van der Waals surface area contributed by atoms with Crippen molar-refractivity contribution >= 4 is 28.5 Å². The van der Waals surface area contributed by atoms with Gasteiger partial charge in [-0.05, 0) is 36.8 Å². The number of carbonyl (C=O) groups excluding carboxylic acids is 1. The zero-order valence-corrected chi connectivity index (χ0v) is 17.4. The number of hydrogen-bond donors (Lipinski definition) is 0. The van der Waals surface area contributed by atoms with Gasteiger partial charge >= 0.3 is 6.55 Å². The molecule has 1 atom stereocenters. The van der Waals surface area contributed by atoms with Crippen LogP contribution in [0.5, 0.6) is 0 Å². The molecule has 2 heterocycles. The molecular weight excluding hydrogens is 410 g/mol. The first kappa shape index (κ1) is 20.8. The number of benzene rings is 2. The Labute approximate surface area is 178 Å². The number of nitrogens with zero attached hydrogens (tertiary/aromatic N) is 4. The molecule has 1 amide bonds. The van der Waals surface area contributed by atoms with Crippen LogP contribution in [0.25, 0.3) is 11.0 Å². The van der Waals surface area contributed by atoms with Crippen molar-refractivity contribution in [3.8, 4) is 0 Å². The van der Waals surface area contributed by atoms with Gasteiger partial charge in [-0.2, -0.15) is 8.78 Å². The van der Waals surface area contributed by atoms with E-state index in [1.807, 2.05) is 24.0 Å². The molecule has 3 aromatic rings. The average molecular weight is 433 g/mol. The van der Waals surface area contributed by atoms with Crippen LogP contribution in [-0.2, 0) is 11.2 Å². The summed E-state index contributed by atoms with van der Waals surface area (Å²) in [6.45, 7) is 1.58. The van der Waals surface area contributed by atoms with Gasteiger partial charge in [0.05, 0.1) is 23.5 Å². The molecule has 1 aliphatic heterocycles. The Morgan fingerprint density at radius 2 is 1.73 bits per heavy atom. The number of fused-ring (bicyclic) bond motifs is 1.